The number of anilines is 1. The van der Waals surface area contributed by atoms with E-state index in [0.29, 0.717) is 13.2 Å². The number of ether oxygens (including phenoxy) is 2. The van der Waals surface area contributed by atoms with Crippen molar-refractivity contribution in [3.63, 3.8) is 0 Å². The first kappa shape index (κ1) is 15.3. The molecule has 1 aromatic rings. The zero-order chi connectivity index (χ0) is 14.0. The first-order valence-electron chi connectivity index (χ1n) is 7.54. The highest BCUT2D eigenvalue weighted by atomic mass is 16.5. The zero-order valence-electron chi connectivity index (χ0n) is 12.4. The Kier molecular flexibility index (Phi) is 6.84. The van der Waals surface area contributed by atoms with E-state index in [1.807, 2.05) is 0 Å². The molecule has 2 N–H and O–H groups in total. The van der Waals surface area contributed by atoms with Crippen molar-refractivity contribution in [1.82, 2.24) is 5.32 Å². The Balaban J connectivity index is 1.55. The van der Waals surface area contributed by atoms with Gasteiger partial charge in [-0.3, -0.25) is 0 Å². The van der Waals surface area contributed by atoms with Crippen LogP contribution in [0.25, 0.3) is 0 Å². The van der Waals surface area contributed by atoms with E-state index in [1.54, 1.807) is 7.11 Å². The number of hydrogen-bond acceptors (Lipinski definition) is 4. The predicted molar refractivity (Wildman–Crippen MR) is 82.3 cm³/mol. The maximum absolute atomic E-state index is 5.44. The van der Waals surface area contributed by atoms with Gasteiger partial charge in [-0.2, -0.15) is 0 Å². The molecule has 20 heavy (non-hydrogen) atoms. The number of benzene rings is 1. The third-order valence-corrected chi connectivity index (χ3v) is 3.57. The van der Waals surface area contributed by atoms with Crippen LogP contribution in [0.15, 0.2) is 18.2 Å². The molecule has 0 saturated carbocycles. The van der Waals surface area contributed by atoms with E-state index >= 15 is 0 Å². The standard InChI is InChI=1S/C16H26N2O2/c1-19-11-12-20-10-3-2-8-17-13-15-6-4-5-14-7-9-18-16(14)15/h4-6,17-18H,2-3,7-13H2,1H3. The van der Waals surface area contributed by atoms with Crippen LogP contribution in [0.4, 0.5) is 5.69 Å². The summed E-state index contributed by atoms with van der Waals surface area (Å²) in [7, 11) is 1.70. The van der Waals surface area contributed by atoms with Gasteiger partial charge in [-0.15, -0.1) is 0 Å². The second-order valence-corrected chi connectivity index (χ2v) is 5.12. The summed E-state index contributed by atoms with van der Waals surface area (Å²) in [5, 5.41) is 6.99. The molecule has 0 fully saturated rings. The van der Waals surface area contributed by atoms with Crippen LogP contribution in [0.5, 0.6) is 0 Å². The molecule has 1 aliphatic heterocycles. The molecule has 4 nitrogen and oxygen atoms in total. The van der Waals surface area contributed by atoms with Crippen LogP contribution in [0, 0.1) is 0 Å². The van der Waals surface area contributed by atoms with Gasteiger partial charge >= 0.3 is 0 Å². The molecule has 0 aromatic heterocycles. The molecule has 0 atom stereocenters. The van der Waals surface area contributed by atoms with Gasteiger partial charge in [-0.25, -0.2) is 0 Å². The molecule has 4 heteroatoms. The average molecular weight is 278 g/mol. The highest BCUT2D eigenvalue weighted by molar-refractivity contribution is 5.61. The third kappa shape index (κ3) is 4.78. The van der Waals surface area contributed by atoms with Crippen LogP contribution >= 0.6 is 0 Å². The summed E-state index contributed by atoms with van der Waals surface area (Å²) in [6.45, 7) is 5.27. The highest BCUT2D eigenvalue weighted by Crippen LogP contribution is 2.26. The van der Waals surface area contributed by atoms with Gasteiger partial charge in [0.05, 0.1) is 13.2 Å². The van der Waals surface area contributed by atoms with E-state index in [0.717, 1.165) is 45.5 Å². The first-order chi connectivity index (χ1) is 9.92. The topological polar surface area (TPSA) is 42.5 Å². The lowest BCUT2D eigenvalue weighted by atomic mass is 10.1. The number of para-hydroxylation sites is 1. The van der Waals surface area contributed by atoms with Crippen LogP contribution in [-0.2, 0) is 22.4 Å². The number of nitrogens with one attached hydrogen (secondary N) is 2. The molecule has 0 saturated heterocycles. The molecule has 112 valence electrons. The molecule has 0 spiro atoms. The number of unbranched alkanes of at least 4 members (excludes halogenated alkanes) is 1. The quantitative estimate of drug-likeness (QED) is 0.644. The Bertz CT molecular complexity index is 396. The maximum Gasteiger partial charge on any atom is 0.0700 e. The van der Waals surface area contributed by atoms with E-state index in [-0.39, 0.29) is 0 Å². The molecule has 0 aliphatic carbocycles. The predicted octanol–water partition coefficient (Wildman–Crippen LogP) is 2.19. The smallest absolute Gasteiger partial charge is 0.0700 e. The molecule has 1 aliphatic rings. The fraction of sp³-hybridized carbons (Fsp3) is 0.625. The highest BCUT2D eigenvalue weighted by Gasteiger charge is 2.12. The van der Waals surface area contributed by atoms with E-state index in [4.69, 9.17) is 9.47 Å². The van der Waals surface area contributed by atoms with Gasteiger partial charge in [0.2, 0.25) is 0 Å². The molecular formula is C16H26N2O2. The minimum absolute atomic E-state index is 0.685. The largest absolute Gasteiger partial charge is 0.384 e. The second kappa shape index (κ2) is 8.95. The van der Waals surface area contributed by atoms with Crippen molar-refractivity contribution in [3.8, 4) is 0 Å². The lowest BCUT2D eigenvalue weighted by molar-refractivity contribution is 0.0688. The summed E-state index contributed by atoms with van der Waals surface area (Å²) in [5.41, 5.74) is 4.19. The molecule has 1 aromatic carbocycles. The van der Waals surface area contributed by atoms with Gasteiger partial charge < -0.3 is 20.1 Å². The lowest BCUT2D eigenvalue weighted by Crippen LogP contribution is -2.16. The maximum atomic E-state index is 5.44. The van der Waals surface area contributed by atoms with Crippen molar-refractivity contribution < 1.29 is 9.47 Å². The Labute approximate surface area is 121 Å². The normalized spacial score (nSPS) is 13.2. The Morgan fingerprint density at radius 3 is 3.05 bits per heavy atom. The van der Waals surface area contributed by atoms with E-state index in [9.17, 15) is 0 Å². The SMILES string of the molecule is COCCOCCCCNCc1cccc2c1NCC2. The molecule has 0 unspecified atom stereocenters. The van der Waals surface area contributed by atoms with Crippen molar-refractivity contribution in [3.05, 3.63) is 29.3 Å². The van der Waals surface area contributed by atoms with E-state index in [1.165, 1.54) is 16.8 Å². The summed E-state index contributed by atoms with van der Waals surface area (Å²) in [6, 6.07) is 6.58. The van der Waals surface area contributed by atoms with Crippen LogP contribution in [0.1, 0.15) is 24.0 Å². The molecule has 1 heterocycles. The number of rotatable bonds is 10. The fourth-order valence-electron chi connectivity index (χ4n) is 2.48. The van der Waals surface area contributed by atoms with Crippen molar-refractivity contribution in [2.45, 2.75) is 25.8 Å². The minimum Gasteiger partial charge on any atom is -0.384 e. The number of fused-ring (bicyclic) bond motifs is 1. The van der Waals surface area contributed by atoms with Gasteiger partial charge in [-0.05, 0) is 36.9 Å². The van der Waals surface area contributed by atoms with Crippen molar-refractivity contribution in [1.29, 1.82) is 0 Å². The molecule has 0 amide bonds. The number of hydrogen-bond donors (Lipinski definition) is 2. The average Bonchev–Trinajstić information content (AvgIpc) is 2.95. The molecule has 0 radical (unpaired) electrons. The van der Waals surface area contributed by atoms with Crippen LogP contribution in [0.3, 0.4) is 0 Å². The summed E-state index contributed by atoms with van der Waals surface area (Å²) in [6.07, 6.45) is 3.40. The summed E-state index contributed by atoms with van der Waals surface area (Å²) < 4.78 is 10.4. The van der Waals surface area contributed by atoms with Gasteiger partial charge in [0.1, 0.15) is 0 Å². The van der Waals surface area contributed by atoms with Gasteiger partial charge in [0.25, 0.3) is 0 Å². The Hall–Kier alpha value is -1.10. The van der Waals surface area contributed by atoms with Gasteiger partial charge in [0.15, 0.2) is 0 Å². The van der Waals surface area contributed by atoms with Crippen LogP contribution < -0.4 is 10.6 Å². The first-order valence-corrected chi connectivity index (χ1v) is 7.54. The van der Waals surface area contributed by atoms with Crippen LogP contribution in [0.2, 0.25) is 0 Å². The molecular weight excluding hydrogens is 252 g/mol. The summed E-state index contributed by atoms with van der Waals surface area (Å²) in [4.78, 5) is 0. The van der Waals surface area contributed by atoms with Crippen molar-refractivity contribution in [2.24, 2.45) is 0 Å². The zero-order valence-corrected chi connectivity index (χ0v) is 12.4. The Morgan fingerprint density at radius 1 is 1.20 bits per heavy atom. The van der Waals surface area contributed by atoms with Gasteiger partial charge in [-0.1, -0.05) is 18.2 Å². The lowest BCUT2D eigenvalue weighted by Gasteiger charge is -2.10. The van der Waals surface area contributed by atoms with Crippen molar-refractivity contribution in [2.75, 3.05) is 45.3 Å². The third-order valence-electron chi connectivity index (χ3n) is 3.57. The van der Waals surface area contributed by atoms with Crippen LogP contribution in [-0.4, -0.2) is 40.0 Å². The molecule has 0 bridgehead atoms. The Morgan fingerprint density at radius 2 is 2.15 bits per heavy atom. The second-order valence-electron chi connectivity index (χ2n) is 5.12. The summed E-state index contributed by atoms with van der Waals surface area (Å²) in [5.74, 6) is 0. The van der Waals surface area contributed by atoms with Gasteiger partial charge in [0, 0.05) is 32.5 Å². The van der Waals surface area contributed by atoms with Crippen molar-refractivity contribution >= 4 is 5.69 Å². The molecule has 2 rings (SSSR count). The van der Waals surface area contributed by atoms with E-state index < -0.39 is 0 Å². The minimum atomic E-state index is 0.685. The summed E-state index contributed by atoms with van der Waals surface area (Å²) >= 11 is 0. The van der Waals surface area contributed by atoms with E-state index in [2.05, 4.69) is 28.8 Å². The fourth-order valence-corrected chi connectivity index (χ4v) is 2.48. The number of methoxy groups -OCH3 is 1. The monoisotopic (exact) mass is 278 g/mol.